The van der Waals surface area contributed by atoms with Crippen molar-refractivity contribution in [3.05, 3.63) is 0 Å². The first-order valence-electron chi connectivity index (χ1n) is 4.97. The number of carbonyl (C=O) groups is 1. The molecule has 1 nitrogen and oxygen atoms in total. The van der Waals surface area contributed by atoms with Gasteiger partial charge in [0, 0.05) is 5.41 Å². The van der Waals surface area contributed by atoms with E-state index in [9.17, 15) is 4.79 Å². The molecule has 1 unspecified atom stereocenters. The van der Waals surface area contributed by atoms with E-state index in [4.69, 9.17) is 11.6 Å². The van der Waals surface area contributed by atoms with Gasteiger partial charge in [-0.05, 0) is 29.9 Å². The highest BCUT2D eigenvalue weighted by atomic mass is 35.5. The average molecular weight is 205 g/mol. The van der Waals surface area contributed by atoms with E-state index in [1.165, 1.54) is 0 Å². The van der Waals surface area contributed by atoms with Gasteiger partial charge in [0.15, 0.2) is 0 Å². The van der Waals surface area contributed by atoms with E-state index in [1.807, 2.05) is 13.8 Å². The highest BCUT2D eigenvalue weighted by molar-refractivity contribution is 6.64. The van der Waals surface area contributed by atoms with E-state index in [-0.39, 0.29) is 16.1 Å². The molecule has 0 saturated heterocycles. The fourth-order valence-corrected chi connectivity index (χ4v) is 1.72. The van der Waals surface area contributed by atoms with Crippen molar-refractivity contribution in [1.29, 1.82) is 0 Å². The molecule has 0 saturated carbocycles. The Kier molecular flexibility index (Phi) is 4.44. The Morgan fingerprint density at radius 1 is 1.15 bits per heavy atom. The first-order valence-corrected chi connectivity index (χ1v) is 5.35. The third kappa shape index (κ3) is 3.68. The molecule has 0 aliphatic rings. The normalized spacial score (nSPS) is 16.8. The van der Waals surface area contributed by atoms with Crippen LogP contribution in [-0.4, -0.2) is 5.24 Å². The van der Waals surface area contributed by atoms with E-state index >= 15 is 0 Å². The van der Waals surface area contributed by atoms with Gasteiger partial charge in [0.2, 0.25) is 5.24 Å². The van der Waals surface area contributed by atoms with Gasteiger partial charge < -0.3 is 0 Å². The fraction of sp³-hybridized carbons (Fsp3) is 0.909. The Morgan fingerprint density at radius 2 is 1.62 bits per heavy atom. The Morgan fingerprint density at radius 3 is 1.85 bits per heavy atom. The van der Waals surface area contributed by atoms with Crippen LogP contribution in [0.3, 0.4) is 0 Å². The highest BCUT2D eigenvalue weighted by Gasteiger charge is 2.35. The fourth-order valence-electron chi connectivity index (χ4n) is 1.51. The van der Waals surface area contributed by atoms with Crippen LogP contribution in [0, 0.1) is 10.8 Å². The minimum Gasteiger partial charge on any atom is -0.281 e. The zero-order valence-corrected chi connectivity index (χ0v) is 10.2. The summed E-state index contributed by atoms with van der Waals surface area (Å²) in [5, 5.41) is -0.198. The molecule has 2 heteroatoms. The molecule has 0 radical (unpaired) electrons. The number of halogens is 1. The van der Waals surface area contributed by atoms with Crippen molar-refractivity contribution in [2.24, 2.45) is 10.8 Å². The van der Waals surface area contributed by atoms with Gasteiger partial charge in [0.25, 0.3) is 0 Å². The van der Waals surface area contributed by atoms with Crippen LogP contribution in [0.2, 0.25) is 0 Å². The monoisotopic (exact) mass is 204 g/mol. The Labute approximate surface area is 86.9 Å². The van der Waals surface area contributed by atoms with Gasteiger partial charge in [-0.15, -0.1) is 0 Å². The Balaban J connectivity index is 4.54. The van der Waals surface area contributed by atoms with Crippen molar-refractivity contribution in [1.82, 2.24) is 0 Å². The van der Waals surface area contributed by atoms with Crippen molar-refractivity contribution >= 4 is 16.8 Å². The summed E-state index contributed by atoms with van der Waals surface area (Å²) < 4.78 is 0. The topological polar surface area (TPSA) is 17.1 Å². The van der Waals surface area contributed by atoms with Crippen LogP contribution in [-0.2, 0) is 4.79 Å². The summed E-state index contributed by atoms with van der Waals surface area (Å²) in [6.45, 7) is 10.5. The van der Waals surface area contributed by atoms with Crippen LogP contribution >= 0.6 is 11.6 Å². The first-order chi connectivity index (χ1) is 5.77. The average Bonchev–Trinajstić information content (AvgIpc) is 2.03. The van der Waals surface area contributed by atoms with Gasteiger partial charge in [-0.25, -0.2) is 0 Å². The zero-order chi connectivity index (χ0) is 10.7. The lowest BCUT2D eigenvalue weighted by Crippen LogP contribution is -2.29. The second-order valence-corrected chi connectivity index (χ2v) is 5.23. The minimum atomic E-state index is -0.346. The number of hydrogen-bond acceptors (Lipinski definition) is 1. The van der Waals surface area contributed by atoms with E-state index in [0.29, 0.717) is 0 Å². The van der Waals surface area contributed by atoms with E-state index in [1.54, 1.807) is 0 Å². The molecular formula is C11H21ClO. The lowest BCUT2D eigenvalue weighted by Gasteiger charge is -2.33. The molecule has 0 aromatic heterocycles. The molecule has 1 atom stereocenters. The third-order valence-corrected chi connectivity index (χ3v) is 3.54. The second-order valence-electron chi connectivity index (χ2n) is 4.88. The SMILES string of the molecule is CCC(C)(C)CC(C)(CC)C(=O)Cl. The third-order valence-electron chi connectivity index (χ3n) is 3.08. The van der Waals surface area contributed by atoms with Crippen LogP contribution in [0.5, 0.6) is 0 Å². The maximum Gasteiger partial charge on any atom is 0.227 e. The Bertz CT molecular complexity index is 187. The standard InChI is InChI=1S/C11H21ClO/c1-6-10(3,4)8-11(5,7-2)9(12)13/h6-8H2,1-5H3. The Hall–Kier alpha value is -0.0400. The molecule has 78 valence electrons. The summed E-state index contributed by atoms with van der Waals surface area (Å²) in [4.78, 5) is 11.3. The van der Waals surface area contributed by atoms with Crippen LogP contribution in [0.25, 0.3) is 0 Å². The molecule has 0 bridgehead atoms. The van der Waals surface area contributed by atoms with Crippen molar-refractivity contribution < 1.29 is 4.79 Å². The molecule has 0 aliphatic heterocycles. The number of rotatable bonds is 5. The summed E-state index contributed by atoms with van der Waals surface area (Å²) >= 11 is 5.61. The molecule has 0 heterocycles. The maximum absolute atomic E-state index is 11.3. The van der Waals surface area contributed by atoms with E-state index < -0.39 is 0 Å². The first kappa shape index (κ1) is 13.0. The van der Waals surface area contributed by atoms with Crippen molar-refractivity contribution in [3.63, 3.8) is 0 Å². The summed E-state index contributed by atoms with van der Waals surface area (Å²) in [7, 11) is 0. The maximum atomic E-state index is 11.3. The summed E-state index contributed by atoms with van der Waals surface area (Å²) in [6.07, 6.45) is 2.76. The predicted octanol–water partition coefficient (Wildman–Crippen LogP) is 3.99. The molecule has 0 aromatic rings. The highest BCUT2D eigenvalue weighted by Crippen LogP contribution is 2.39. The largest absolute Gasteiger partial charge is 0.281 e. The van der Waals surface area contributed by atoms with Crippen LogP contribution in [0.4, 0.5) is 0 Å². The molecule has 0 aromatic carbocycles. The zero-order valence-electron chi connectivity index (χ0n) is 9.41. The molecule has 13 heavy (non-hydrogen) atoms. The van der Waals surface area contributed by atoms with Gasteiger partial charge in [-0.2, -0.15) is 0 Å². The van der Waals surface area contributed by atoms with Crippen molar-refractivity contribution in [2.45, 2.75) is 53.9 Å². The quantitative estimate of drug-likeness (QED) is 0.619. The van der Waals surface area contributed by atoms with Gasteiger partial charge in [0.1, 0.15) is 0 Å². The second kappa shape index (κ2) is 4.45. The minimum absolute atomic E-state index is 0.198. The van der Waals surface area contributed by atoms with E-state index in [2.05, 4.69) is 20.8 Å². The van der Waals surface area contributed by atoms with E-state index in [0.717, 1.165) is 19.3 Å². The molecule has 0 fully saturated rings. The molecule has 0 aliphatic carbocycles. The summed E-state index contributed by atoms with van der Waals surface area (Å²) in [6, 6.07) is 0. The van der Waals surface area contributed by atoms with Gasteiger partial charge >= 0.3 is 0 Å². The lowest BCUT2D eigenvalue weighted by atomic mass is 9.72. The molecule has 0 spiro atoms. The van der Waals surface area contributed by atoms with Crippen LogP contribution in [0.1, 0.15) is 53.9 Å². The summed E-state index contributed by atoms with van der Waals surface area (Å²) in [5.41, 5.74) is -0.142. The van der Waals surface area contributed by atoms with Crippen molar-refractivity contribution in [3.8, 4) is 0 Å². The van der Waals surface area contributed by atoms with Gasteiger partial charge in [-0.3, -0.25) is 4.79 Å². The van der Waals surface area contributed by atoms with Crippen molar-refractivity contribution in [2.75, 3.05) is 0 Å². The molecule has 0 N–H and O–H groups in total. The molecule has 0 amide bonds. The predicted molar refractivity (Wildman–Crippen MR) is 57.9 cm³/mol. The number of hydrogen-bond donors (Lipinski definition) is 0. The molecule has 0 rings (SSSR count). The number of carbonyl (C=O) groups excluding carboxylic acids is 1. The lowest BCUT2D eigenvalue weighted by molar-refractivity contribution is -0.121. The summed E-state index contributed by atoms with van der Waals surface area (Å²) in [5.74, 6) is 0. The smallest absolute Gasteiger partial charge is 0.227 e. The van der Waals surface area contributed by atoms with Gasteiger partial charge in [-0.1, -0.05) is 41.0 Å². The molecular weight excluding hydrogens is 184 g/mol. The van der Waals surface area contributed by atoms with Crippen LogP contribution < -0.4 is 0 Å². The van der Waals surface area contributed by atoms with Gasteiger partial charge in [0.05, 0.1) is 0 Å². The van der Waals surface area contributed by atoms with Crippen LogP contribution in [0.15, 0.2) is 0 Å².